The zero-order valence-corrected chi connectivity index (χ0v) is 19.4. The van der Waals surface area contributed by atoms with Gasteiger partial charge in [-0.1, -0.05) is 61.4 Å². The molecule has 0 atom stereocenters. The lowest BCUT2D eigenvalue weighted by Crippen LogP contribution is -2.49. The van der Waals surface area contributed by atoms with Gasteiger partial charge in [0, 0.05) is 0 Å². The van der Waals surface area contributed by atoms with Crippen LogP contribution < -0.4 is 10.1 Å². The molecule has 2 aromatic carbocycles. The largest absolute Gasteiger partial charge is 0.491 e. The van der Waals surface area contributed by atoms with Crippen LogP contribution in [0.15, 0.2) is 54.6 Å². The summed E-state index contributed by atoms with van der Waals surface area (Å²) >= 11 is 0. The number of fused-ring (bicyclic) bond motifs is 1. The van der Waals surface area contributed by atoms with Crippen LogP contribution in [0.2, 0.25) is 0 Å². The fourth-order valence-electron chi connectivity index (χ4n) is 5.27. The van der Waals surface area contributed by atoms with Gasteiger partial charge in [0.15, 0.2) is 0 Å². The number of rotatable bonds is 4. The Hall–Kier alpha value is -2.33. The quantitative estimate of drug-likeness (QED) is 0.735. The molecule has 172 valence electrons. The van der Waals surface area contributed by atoms with Crippen LogP contribution in [0.3, 0.4) is 0 Å². The van der Waals surface area contributed by atoms with E-state index in [4.69, 9.17) is 4.74 Å². The Morgan fingerprint density at radius 1 is 0.906 bits per heavy atom. The van der Waals surface area contributed by atoms with Gasteiger partial charge in [-0.05, 0) is 81.8 Å². The zero-order chi connectivity index (χ0) is 22.1. The standard InChI is InChI=1S/C28H38N2O2/c31-27-28(17-21-30(22-18-28)20-9-12-24-10-3-1-4-11-24)16-8-2-5-13-25-14-6-7-15-26(25)32-23-19-29-27/h1,3-4,6-7,10-11,14-15H,2,5,8-9,12-13,16-23H2,(H,29,31). The Balaban J connectivity index is 1.29. The van der Waals surface area contributed by atoms with Crippen LogP contribution >= 0.6 is 0 Å². The molecule has 2 aromatic rings. The Morgan fingerprint density at radius 2 is 1.69 bits per heavy atom. The lowest BCUT2D eigenvalue weighted by Gasteiger charge is -2.41. The maximum atomic E-state index is 13.3. The monoisotopic (exact) mass is 434 g/mol. The van der Waals surface area contributed by atoms with Gasteiger partial charge >= 0.3 is 0 Å². The topological polar surface area (TPSA) is 41.6 Å². The third-order valence-electron chi connectivity index (χ3n) is 7.30. The fraction of sp³-hybridized carbons (Fsp3) is 0.536. The lowest BCUT2D eigenvalue weighted by atomic mass is 9.73. The molecule has 0 radical (unpaired) electrons. The number of piperidine rings is 1. The Labute approximate surface area is 193 Å². The van der Waals surface area contributed by atoms with E-state index in [0.29, 0.717) is 13.2 Å². The SMILES string of the molecule is O=C1NCCOc2ccccc2CCCCCC12CCN(CCCc1ccccc1)CC2. The first-order chi connectivity index (χ1) is 15.8. The summed E-state index contributed by atoms with van der Waals surface area (Å²) in [5, 5.41) is 3.21. The minimum Gasteiger partial charge on any atom is -0.491 e. The molecule has 2 aliphatic rings. The van der Waals surface area contributed by atoms with Crippen molar-refractivity contribution in [3.8, 4) is 5.75 Å². The number of amides is 1. The van der Waals surface area contributed by atoms with Gasteiger partial charge in [0.25, 0.3) is 0 Å². The minimum atomic E-state index is -0.198. The fourth-order valence-corrected chi connectivity index (χ4v) is 5.27. The summed E-state index contributed by atoms with van der Waals surface area (Å²) in [6.45, 7) is 4.30. The Morgan fingerprint density at radius 3 is 2.53 bits per heavy atom. The molecular weight excluding hydrogens is 396 g/mol. The van der Waals surface area contributed by atoms with E-state index in [1.165, 1.54) is 24.0 Å². The van der Waals surface area contributed by atoms with Gasteiger partial charge in [0.1, 0.15) is 12.4 Å². The second-order valence-electron chi connectivity index (χ2n) is 9.48. The summed E-state index contributed by atoms with van der Waals surface area (Å²) in [5.74, 6) is 1.22. The molecule has 1 amide bonds. The minimum absolute atomic E-state index is 0.198. The molecule has 4 rings (SSSR count). The average molecular weight is 435 g/mol. The summed E-state index contributed by atoms with van der Waals surface area (Å²) < 4.78 is 6.00. The third-order valence-corrected chi connectivity index (χ3v) is 7.30. The molecule has 1 spiro atoms. The van der Waals surface area contributed by atoms with Crippen molar-refractivity contribution in [1.29, 1.82) is 0 Å². The van der Waals surface area contributed by atoms with Crippen molar-refractivity contribution >= 4 is 5.91 Å². The normalized spacial score (nSPS) is 20.2. The molecule has 1 fully saturated rings. The molecule has 2 heterocycles. The summed E-state index contributed by atoms with van der Waals surface area (Å²) in [6, 6.07) is 19.1. The highest BCUT2D eigenvalue weighted by Gasteiger charge is 2.40. The maximum absolute atomic E-state index is 13.3. The van der Waals surface area contributed by atoms with E-state index in [-0.39, 0.29) is 11.3 Å². The van der Waals surface area contributed by atoms with Crippen LogP contribution in [-0.4, -0.2) is 43.6 Å². The number of nitrogens with zero attached hydrogens (tertiary/aromatic N) is 1. The second-order valence-corrected chi connectivity index (χ2v) is 9.48. The number of para-hydroxylation sites is 1. The number of carbonyl (C=O) groups excluding carboxylic acids is 1. The van der Waals surface area contributed by atoms with Gasteiger partial charge in [0.05, 0.1) is 12.0 Å². The second kappa shape index (κ2) is 11.5. The highest BCUT2D eigenvalue weighted by Crippen LogP contribution is 2.37. The number of hydrogen-bond acceptors (Lipinski definition) is 3. The first-order valence-corrected chi connectivity index (χ1v) is 12.5. The maximum Gasteiger partial charge on any atom is 0.226 e. The Kier molecular flexibility index (Phi) is 8.22. The highest BCUT2D eigenvalue weighted by atomic mass is 16.5. The summed E-state index contributed by atoms with van der Waals surface area (Å²) in [4.78, 5) is 15.8. The molecule has 4 nitrogen and oxygen atoms in total. The molecular formula is C28H38N2O2. The number of carbonyl (C=O) groups is 1. The van der Waals surface area contributed by atoms with Gasteiger partial charge in [-0.2, -0.15) is 0 Å². The molecule has 4 heteroatoms. The van der Waals surface area contributed by atoms with Crippen LogP contribution in [0.1, 0.15) is 56.1 Å². The molecule has 0 bridgehead atoms. The van der Waals surface area contributed by atoms with Crippen LogP contribution in [0.5, 0.6) is 5.75 Å². The van der Waals surface area contributed by atoms with Crippen molar-refractivity contribution in [2.75, 3.05) is 32.8 Å². The number of likely N-dealkylation sites (tertiary alicyclic amines) is 1. The van der Waals surface area contributed by atoms with Crippen LogP contribution in [0.25, 0.3) is 0 Å². The predicted molar refractivity (Wildman–Crippen MR) is 130 cm³/mol. The van der Waals surface area contributed by atoms with E-state index >= 15 is 0 Å². The van der Waals surface area contributed by atoms with Crippen molar-refractivity contribution in [2.45, 2.75) is 57.8 Å². The van der Waals surface area contributed by atoms with Crippen LogP contribution in [-0.2, 0) is 17.6 Å². The summed E-state index contributed by atoms with van der Waals surface area (Å²) in [5.41, 5.74) is 2.51. The molecule has 1 saturated heterocycles. The smallest absolute Gasteiger partial charge is 0.226 e. The summed E-state index contributed by atoms with van der Waals surface area (Å²) in [6.07, 6.45) is 9.79. The van der Waals surface area contributed by atoms with Crippen molar-refractivity contribution in [3.05, 3.63) is 65.7 Å². The predicted octanol–water partition coefficient (Wildman–Crippen LogP) is 5.01. The van der Waals surface area contributed by atoms with E-state index in [2.05, 4.69) is 52.7 Å². The molecule has 0 aliphatic carbocycles. The Bertz CT molecular complexity index is 844. The third kappa shape index (κ3) is 6.13. The van der Waals surface area contributed by atoms with E-state index in [1.807, 2.05) is 12.1 Å². The van der Waals surface area contributed by atoms with Crippen molar-refractivity contribution in [2.24, 2.45) is 5.41 Å². The molecule has 32 heavy (non-hydrogen) atoms. The van der Waals surface area contributed by atoms with E-state index in [0.717, 1.165) is 70.3 Å². The average Bonchev–Trinajstić information content (AvgIpc) is 2.84. The van der Waals surface area contributed by atoms with Crippen LogP contribution in [0.4, 0.5) is 0 Å². The molecule has 0 aromatic heterocycles. The van der Waals surface area contributed by atoms with E-state index in [9.17, 15) is 4.79 Å². The van der Waals surface area contributed by atoms with Gasteiger partial charge in [-0.15, -0.1) is 0 Å². The number of benzene rings is 2. The van der Waals surface area contributed by atoms with Crippen molar-refractivity contribution in [1.82, 2.24) is 10.2 Å². The van der Waals surface area contributed by atoms with Gasteiger partial charge in [0.2, 0.25) is 5.91 Å². The first-order valence-electron chi connectivity index (χ1n) is 12.5. The zero-order valence-electron chi connectivity index (χ0n) is 19.4. The summed E-state index contributed by atoms with van der Waals surface area (Å²) in [7, 11) is 0. The highest BCUT2D eigenvalue weighted by molar-refractivity contribution is 5.82. The molecule has 0 unspecified atom stereocenters. The van der Waals surface area contributed by atoms with Crippen molar-refractivity contribution in [3.63, 3.8) is 0 Å². The first kappa shape index (κ1) is 22.8. The number of aryl methyl sites for hydroxylation is 2. The number of ether oxygens (including phenoxy) is 1. The number of hydrogen-bond donors (Lipinski definition) is 1. The van der Waals surface area contributed by atoms with E-state index < -0.39 is 0 Å². The number of nitrogens with one attached hydrogen (secondary N) is 1. The lowest BCUT2D eigenvalue weighted by molar-refractivity contribution is -0.134. The van der Waals surface area contributed by atoms with E-state index in [1.54, 1.807) is 0 Å². The van der Waals surface area contributed by atoms with Crippen molar-refractivity contribution < 1.29 is 9.53 Å². The van der Waals surface area contributed by atoms with Crippen LogP contribution in [0, 0.1) is 5.41 Å². The molecule has 0 saturated carbocycles. The van der Waals surface area contributed by atoms with Gasteiger partial charge in [-0.3, -0.25) is 4.79 Å². The molecule has 2 aliphatic heterocycles. The molecule has 1 N–H and O–H groups in total. The van der Waals surface area contributed by atoms with Gasteiger partial charge < -0.3 is 15.0 Å². The van der Waals surface area contributed by atoms with Gasteiger partial charge in [-0.25, -0.2) is 0 Å².